The highest BCUT2D eigenvalue weighted by atomic mass is 35.5. The van der Waals surface area contributed by atoms with Crippen molar-refractivity contribution in [3.8, 4) is 0 Å². The number of rotatable bonds is 1. The molecule has 2 heteroatoms. The van der Waals surface area contributed by atoms with Crippen molar-refractivity contribution in [3.63, 3.8) is 0 Å². The van der Waals surface area contributed by atoms with Gasteiger partial charge in [-0.25, -0.2) is 0 Å². The molecular formula is C4H6ClN. The van der Waals surface area contributed by atoms with E-state index in [0.717, 1.165) is 6.21 Å². The SMILES string of the molecule is CC=C(Cl)C=N. The van der Waals surface area contributed by atoms with Crippen LogP contribution in [-0.4, -0.2) is 6.21 Å². The molecule has 0 aromatic heterocycles. The topological polar surface area (TPSA) is 23.9 Å². The Balaban J connectivity index is 3.50. The van der Waals surface area contributed by atoms with Crippen LogP contribution in [0, 0.1) is 5.41 Å². The Hall–Kier alpha value is -0.300. The van der Waals surface area contributed by atoms with Gasteiger partial charge in [-0.1, -0.05) is 17.7 Å². The van der Waals surface area contributed by atoms with Crippen molar-refractivity contribution in [2.24, 2.45) is 0 Å². The number of nitrogens with one attached hydrogen (secondary N) is 1. The van der Waals surface area contributed by atoms with Gasteiger partial charge in [0.25, 0.3) is 0 Å². The van der Waals surface area contributed by atoms with Crippen LogP contribution in [0.4, 0.5) is 0 Å². The van der Waals surface area contributed by atoms with Crippen molar-refractivity contribution in [2.45, 2.75) is 6.92 Å². The normalized spacial score (nSPS) is 11.3. The molecule has 1 N–H and O–H groups in total. The van der Waals surface area contributed by atoms with E-state index in [9.17, 15) is 0 Å². The van der Waals surface area contributed by atoms with Crippen molar-refractivity contribution in [1.29, 1.82) is 5.41 Å². The molecule has 0 radical (unpaired) electrons. The maximum atomic E-state index is 6.48. The first-order valence-corrected chi connectivity index (χ1v) is 2.01. The van der Waals surface area contributed by atoms with Gasteiger partial charge in [-0.2, -0.15) is 0 Å². The summed E-state index contributed by atoms with van der Waals surface area (Å²) < 4.78 is 0. The Labute approximate surface area is 42.1 Å². The first kappa shape index (κ1) is 5.70. The molecule has 0 saturated carbocycles. The fraction of sp³-hybridized carbons (Fsp3) is 0.250. The molecule has 0 spiro atoms. The number of hydrogen-bond acceptors (Lipinski definition) is 1. The number of halogens is 1. The van der Waals surface area contributed by atoms with Crippen LogP contribution in [0.25, 0.3) is 0 Å². The fourth-order valence-corrected chi connectivity index (χ4v) is 0.0833. The van der Waals surface area contributed by atoms with Gasteiger partial charge in [-0.15, -0.1) is 0 Å². The van der Waals surface area contributed by atoms with E-state index in [0.29, 0.717) is 5.03 Å². The van der Waals surface area contributed by atoms with E-state index >= 15 is 0 Å². The molecule has 0 rings (SSSR count). The van der Waals surface area contributed by atoms with Crippen molar-refractivity contribution < 1.29 is 0 Å². The first-order chi connectivity index (χ1) is 2.81. The molecule has 0 amide bonds. The summed E-state index contributed by atoms with van der Waals surface area (Å²) in [6.07, 6.45) is 2.76. The summed E-state index contributed by atoms with van der Waals surface area (Å²) in [5.74, 6) is 0. The third-order valence-corrected chi connectivity index (χ3v) is 0.741. The summed E-state index contributed by atoms with van der Waals surface area (Å²) in [5, 5.41) is 6.96. The second kappa shape index (κ2) is 2.91. The lowest BCUT2D eigenvalue weighted by Gasteiger charge is -1.73. The molecule has 34 valence electrons. The second-order valence-electron chi connectivity index (χ2n) is 0.818. The molecule has 0 fully saturated rings. The molecule has 0 heterocycles. The molecule has 0 unspecified atom stereocenters. The van der Waals surface area contributed by atoms with Crippen LogP contribution >= 0.6 is 11.6 Å². The van der Waals surface area contributed by atoms with Crippen LogP contribution in [-0.2, 0) is 0 Å². The minimum atomic E-state index is 0.481. The van der Waals surface area contributed by atoms with Crippen molar-refractivity contribution in [1.82, 2.24) is 0 Å². The predicted octanol–water partition coefficient (Wildman–Crippen LogP) is 1.78. The predicted molar refractivity (Wildman–Crippen MR) is 28.4 cm³/mol. The standard InChI is InChI=1S/C4H6ClN/c1-2-4(5)3-6/h2-3,6H,1H3. The van der Waals surface area contributed by atoms with Gasteiger partial charge in [0.15, 0.2) is 0 Å². The molecule has 6 heavy (non-hydrogen) atoms. The second-order valence-corrected chi connectivity index (χ2v) is 1.25. The third-order valence-electron chi connectivity index (χ3n) is 0.414. The summed E-state index contributed by atoms with van der Waals surface area (Å²) in [5.41, 5.74) is 0. The van der Waals surface area contributed by atoms with E-state index in [4.69, 9.17) is 17.0 Å². The lowest BCUT2D eigenvalue weighted by Crippen LogP contribution is -1.63. The molecule has 0 atom stereocenters. The van der Waals surface area contributed by atoms with E-state index in [-0.39, 0.29) is 0 Å². The minimum Gasteiger partial charge on any atom is -0.307 e. The zero-order valence-electron chi connectivity index (χ0n) is 3.53. The molecule has 0 aliphatic carbocycles. The summed E-state index contributed by atoms with van der Waals surface area (Å²) >= 11 is 5.27. The van der Waals surface area contributed by atoms with Crippen molar-refractivity contribution >= 4 is 17.8 Å². The highest BCUT2D eigenvalue weighted by Gasteiger charge is 1.72. The Bertz CT molecular complexity index is 75.6. The van der Waals surface area contributed by atoms with Gasteiger partial charge in [-0.05, 0) is 6.92 Å². The van der Waals surface area contributed by atoms with Gasteiger partial charge < -0.3 is 5.41 Å². The van der Waals surface area contributed by atoms with Crippen molar-refractivity contribution in [2.75, 3.05) is 0 Å². The van der Waals surface area contributed by atoms with Gasteiger partial charge in [-0.3, -0.25) is 0 Å². The van der Waals surface area contributed by atoms with Crippen LogP contribution in [0.1, 0.15) is 6.92 Å². The fourth-order valence-electron chi connectivity index (χ4n) is 0.0833. The highest BCUT2D eigenvalue weighted by molar-refractivity contribution is 6.38. The quantitative estimate of drug-likeness (QED) is 0.489. The van der Waals surface area contributed by atoms with Gasteiger partial charge in [0, 0.05) is 6.21 Å². The molecule has 0 aliphatic rings. The molecule has 0 aromatic carbocycles. The Morgan fingerprint density at radius 1 is 1.83 bits per heavy atom. The van der Waals surface area contributed by atoms with Gasteiger partial charge in [0.1, 0.15) is 0 Å². The van der Waals surface area contributed by atoms with Gasteiger partial charge in [0.05, 0.1) is 5.03 Å². The van der Waals surface area contributed by atoms with Crippen LogP contribution in [0.2, 0.25) is 0 Å². The van der Waals surface area contributed by atoms with Gasteiger partial charge >= 0.3 is 0 Å². The van der Waals surface area contributed by atoms with E-state index in [1.807, 2.05) is 0 Å². The maximum Gasteiger partial charge on any atom is 0.0539 e. The summed E-state index contributed by atoms with van der Waals surface area (Å²) in [6, 6.07) is 0. The Kier molecular flexibility index (Phi) is 2.77. The molecule has 0 aromatic rings. The third kappa shape index (κ3) is 1.97. The maximum absolute atomic E-state index is 6.48. The van der Waals surface area contributed by atoms with Crippen LogP contribution in [0.5, 0.6) is 0 Å². The van der Waals surface area contributed by atoms with Crippen LogP contribution < -0.4 is 0 Å². The first-order valence-electron chi connectivity index (χ1n) is 1.63. The molecule has 0 saturated heterocycles. The molecule has 1 nitrogen and oxygen atoms in total. The minimum absolute atomic E-state index is 0.481. The Morgan fingerprint density at radius 3 is 2.33 bits per heavy atom. The summed E-state index contributed by atoms with van der Waals surface area (Å²) in [6.45, 7) is 1.79. The Morgan fingerprint density at radius 2 is 2.33 bits per heavy atom. The summed E-state index contributed by atoms with van der Waals surface area (Å²) in [7, 11) is 0. The van der Waals surface area contributed by atoms with Crippen LogP contribution in [0.15, 0.2) is 11.1 Å². The van der Waals surface area contributed by atoms with Crippen LogP contribution in [0.3, 0.4) is 0 Å². The molecule has 0 bridgehead atoms. The molecular weight excluding hydrogens is 97.5 g/mol. The van der Waals surface area contributed by atoms with E-state index in [1.54, 1.807) is 13.0 Å². The average molecular weight is 104 g/mol. The number of allylic oxidation sites excluding steroid dienone is 2. The summed E-state index contributed by atoms with van der Waals surface area (Å²) in [4.78, 5) is 0. The van der Waals surface area contributed by atoms with E-state index in [1.165, 1.54) is 0 Å². The van der Waals surface area contributed by atoms with Gasteiger partial charge in [0.2, 0.25) is 0 Å². The van der Waals surface area contributed by atoms with E-state index in [2.05, 4.69) is 0 Å². The number of hydrogen-bond donors (Lipinski definition) is 1. The monoisotopic (exact) mass is 103 g/mol. The zero-order valence-corrected chi connectivity index (χ0v) is 4.29. The van der Waals surface area contributed by atoms with E-state index < -0.39 is 0 Å². The lowest BCUT2D eigenvalue weighted by atomic mass is 10.6. The smallest absolute Gasteiger partial charge is 0.0539 e. The largest absolute Gasteiger partial charge is 0.307 e. The van der Waals surface area contributed by atoms with Crippen molar-refractivity contribution in [3.05, 3.63) is 11.1 Å². The highest BCUT2D eigenvalue weighted by Crippen LogP contribution is 1.92. The zero-order chi connectivity index (χ0) is 4.99. The average Bonchev–Trinajstić information content (AvgIpc) is 1.65. The molecule has 0 aliphatic heterocycles. The lowest BCUT2D eigenvalue weighted by molar-refractivity contribution is 1.56.